The molecule has 7 heteroatoms. The van der Waals surface area contributed by atoms with E-state index >= 15 is 0 Å². The van der Waals surface area contributed by atoms with Gasteiger partial charge in [0.2, 0.25) is 0 Å². The van der Waals surface area contributed by atoms with E-state index in [0.717, 1.165) is 35.1 Å². The van der Waals surface area contributed by atoms with E-state index in [1.807, 2.05) is 79.3 Å². The summed E-state index contributed by atoms with van der Waals surface area (Å²) >= 11 is 1.84. The van der Waals surface area contributed by atoms with Gasteiger partial charge >= 0.3 is 0 Å². The number of ether oxygens (including phenoxy) is 4. The van der Waals surface area contributed by atoms with Crippen LogP contribution in [0.2, 0.25) is 0 Å². The highest BCUT2D eigenvalue weighted by molar-refractivity contribution is 8.01. The van der Waals surface area contributed by atoms with Crippen molar-refractivity contribution in [2.45, 2.75) is 94.3 Å². The molecular formula is C34H38O6S. The number of carbonyl (C=O) groups excluding carboxylic acids is 1. The third kappa shape index (κ3) is 3.36. The molecule has 41 heavy (non-hydrogen) atoms. The lowest BCUT2D eigenvalue weighted by molar-refractivity contribution is -0.218. The summed E-state index contributed by atoms with van der Waals surface area (Å²) in [6.45, 7) is 8.57. The minimum absolute atomic E-state index is 0.0538. The Morgan fingerprint density at radius 1 is 0.878 bits per heavy atom. The van der Waals surface area contributed by atoms with Crippen LogP contribution in [-0.2, 0) is 23.7 Å². The van der Waals surface area contributed by atoms with Crippen LogP contribution in [0, 0.1) is 16.7 Å². The molecule has 2 aromatic carbocycles. The molecule has 2 bridgehead atoms. The van der Waals surface area contributed by atoms with Gasteiger partial charge in [-0.2, -0.15) is 11.8 Å². The van der Waals surface area contributed by atoms with Gasteiger partial charge in [-0.25, -0.2) is 0 Å². The highest BCUT2D eigenvalue weighted by atomic mass is 32.2. The van der Waals surface area contributed by atoms with E-state index < -0.39 is 46.8 Å². The van der Waals surface area contributed by atoms with Crippen LogP contribution in [0.5, 0.6) is 0 Å². The van der Waals surface area contributed by atoms with Gasteiger partial charge in [-0.1, -0.05) is 81.4 Å². The second-order valence-electron chi connectivity index (χ2n) is 13.7. The van der Waals surface area contributed by atoms with Crippen LogP contribution < -0.4 is 0 Å². The molecule has 3 aliphatic heterocycles. The van der Waals surface area contributed by atoms with Gasteiger partial charge in [0.05, 0.1) is 17.8 Å². The molecule has 0 amide bonds. The summed E-state index contributed by atoms with van der Waals surface area (Å²) in [4.78, 5) is 14.0. The van der Waals surface area contributed by atoms with Crippen molar-refractivity contribution in [3.63, 3.8) is 0 Å². The number of thioether (sulfide) groups is 1. The Kier molecular flexibility index (Phi) is 5.70. The van der Waals surface area contributed by atoms with Crippen molar-refractivity contribution >= 4 is 17.5 Å². The fraction of sp³-hybridized carbons (Fsp3) is 0.559. The average molecular weight is 575 g/mol. The van der Waals surface area contributed by atoms with Gasteiger partial charge in [0, 0.05) is 45.3 Å². The number of hydrogen-bond donors (Lipinski definition) is 1. The van der Waals surface area contributed by atoms with Gasteiger partial charge in [0.1, 0.15) is 11.7 Å². The molecule has 3 aliphatic carbocycles. The third-order valence-electron chi connectivity index (χ3n) is 11.5. The Labute approximate surface area is 245 Å². The predicted molar refractivity (Wildman–Crippen MR) is 155 cm³/mol. The van der Waals surface area contributed by atoms with E-state index in [1.165, 1.54) is 0 Å². The molecule has 5 fully saturated rings. The van der Waals surface area contributed by atoms with Gasteiger partial charge < -0.3 is 24.1 Å². The van der Waals surface area contributed by atoms with Crippen LogP contribution >= 0.6 is 11.8 Å². The van der Waals surface area contributed by atoms with Crippen LogP contribution in [0.15, 0.2) is 71.8 Å². The first-order chi connectivity index (χ1) is 19.6. The number of Topliss-reactive ketones (excluding diaryl/α,β-unsaturated/α-hetero) is 1. The van der Waals surface area contributed by atoms with Crippen molar-refractivity contribution in [1.82, 2.24) is 0 Å². The van der Waals surface area contributed by atoms with E-state index in [1.54, 1.807) is 0 Å². The lowest BCUT2D eigenvalue weighted by atomic mass is 9.46. The molecule has 10 atom stereocenters. The fourth-order valence-corrected chi connectivity index (χ4v) is 10.7. The zero-order valence-corrected chi connectivity index (χ0v) is 24.9. The van der Waals surface area contributed by atoms with Gasteiger partial charge in [0.15, 0.2) is 18.4 Å². The Morgan fingerprint density at radius 2 is 1.51 bits per heavy atom. The minimum atomic E-state index is -0.970. The fourth-order valence-electron chi connectivity index (χ4n) is 9.31. The maximum Gasteiger partial charge on any atom is 0.185 e. The van der Waals surface area contributed by atoms with Crippen LogP contribution in [-0.4, -0.2) is 51.4 Å². The first kappa shape index (κ1) is 26.6. The van der Waals surface area contributed by atoms with Gasteiger partial charge in [-0.3, -0.25) is 4.79 Å². The second kappa shape index (κ2) is 8.77. The molecule has 0 radical (unpaired) electrons. The van der Waals surface area contributed by atoms with Crippen molar-refractivity contribution in [2.75, 3.05) is 5.75 Å². The summed E-state index contributed by atoms with van der Waals surface area (Å²) in [6, 6.07) is 20.0. The lowest BCUT2D eigenvalue weighted by Crippen LogP contribution is -2.75. The number of fused-ring (bicyclic) bond motifs is 8. The third-order valence-corrected chi connectivity index (χ3v) is 13.2. The highest BCUT2D eigenvalue weighted by Gasteiger charge is 2.77. The molecule has 216 valence electrons. The molecule has 6 nitrogen and oxygen atoms in total. The minimum Gasteiger partial charge on any atom is -0.387 e. The molecule has 2 aromatic rings. The molecule has 3 saturated heterocycles. The van der Waals surface area contributed by atoms with Gasteiger partial charge in [-0.15, -0.1) is 0 Å². The largest absolute Gasteiger partial charge is 0.387 e. The SMILES string of the molecule is CC1=C2[C@H]3O[C@@H](c4ccccc4)O[C@@H]3[C@]3(C)CC[C@@H]4SC[C@@]4(O)[C@H]3[C@@H]3O[C@H](c4ccccc4)O[C@@]3(CC1=O)C2(C)C. The number of allylic oxidation sites excluding steroid dienone is 1. The number of ketones is 1. The van der Waals surface area contributed by atoms with E-state index in [2.05, 4.69) is 20.8 Å². The molecule has 1 spiro atoms. The summed E-state index contributed by atoms with van der Waals surface area (Å²) in [5, 5.41) is 12.7. The highest BCUT2D eigenvalue weighted by Crippen LogP contribution is 2.70. The maximum atomic E-state index is 14.0. The van der Waals surface area contributed by atoms with Crippen molar-refractivity contribution in [1.29, 1.82) is 0 Å². The Bertz CT molecular complexity index is 1430. The van der Waals surface area contributed by atoms with Crippen LogP contribution in [0.1, 0.15) is 70.7 Å². The quantitative estimate of drug-likeness (QED) is 0.478. The van der Waals surface area contributed by atoms with Gasteiger partial charge in [0.25, 0.3) is 0 Å². The molecule has 0 aromatic heterocycles. The van der Waals surface area contributed by atoms with Crippen LogP contribution in [0.3, 0.4) is 0 Å². The van der Waals surface area contributed by atoms with E-state index in [-0.39, 0.29) is 29.5 Å². The van der Waals surface area contributed by atoms with Crippen molar-refractivity contribution in [2.24, 2.45) is 16.7 Å². The number of aliphatic hydroxyl groups is 1. The first-order valence-corrected chi connectivity index (χ1v) is 16.0. The van der Waals surface area contributed by atoms with Gasteiger partial charge in [-0.05, 0) is 30.9 Å². The summed E-state index contributed by atoms with van der Waals surface area (Å²) < 4.78 is 28.0. The van der Waals surface area contributed by atoms with Crippen LogP contribution in [0.4, 0.5) is 0 Å². The Morgan fingerprint density at radius 3 is 2.15 bits per heavy atom. The van der Waals surface area contributed by atoms with Crippen molar-refractivity contribution in [3.05, 3.63) is 82.9 Å². The number of hydrogen-bond acceptors (Lipinski definition) is 7. The standard InChI is InChI=1S/C34H38O6S/c1-19-22(35)17-34-28(39-30(40-34)21-13-9-6-10-14-21)26-32(4,16-15-23-33(26,36)18-41-23)27-25(24(19)31(34,2)3)37-29(38-27)20-11-7-5-8-12-20/h5-14,23,25-30,36H,15-18H2,1-4H3/t23-,25+,26-,27-,28-,29+,30-,32+,33-,34+/m0/s1. The molecular weight excluding hydrogens is 536 g/mol. The number of carbonyl (C=O) groups is 1. The molecule has 2 saturated carbocycles. The Hall–Kier alpha value is -2.00. The summed E-state index contributed by atoms with van der Waals surface area (Å²) in [6.07, 6.45) is -0.523. The zero-order valence-electron chi connectivity index (χ0n) is 24.0. The molecule has 6 aliphatic rings. The smallest absolute Gasteiger partial charge is 0.185 e. The molecule has 8 rings (SSSR count). The van der Waals surface area contributed by atoms with E-state index in [4.69, 9.17) is 18.9 Å². The molecule has 0 unspecified atom stereocenters. The predicted octanol–water partition coefficient (Wildman–Crippen LogP) is 5.91. The molecule has 1 N–H and O–H groups in total. The number of benzene rings is 2. The molecule has 3 heterocycles. The topological polar surface area (TPSA) is 74.2 Å². The summed E-state index contributed by atoms with van der Waals surface area (Å²) in [5.41, 5.74) is 0.550. The zero-order chi connectivity index (χ0) is 28.4. The summed E-state index contributed by atoms with van der Waals surface area (Å²) in [7, 11) is 0. The van der Waals surface area contributed by atoms with Crippen molar-refractivity contribution < 1.29 is 28.8 Å². The second-order valence-corrected chi connectivity index (χ2v) is 14.9. The van der Waals surface area contributed by atoms with E-state index in [0.29, 0.717) is 5.75 Å². The van der Waals surface area contributed by atoms with Crippen molar-refractivity contribution in [3.8, 4) is 0 Å². The normalized spacial score (nSPS) is 46.0. The first-order valence-electron chi connectivity index (χ1n) is 14.9. The van der Waals surface area contributed by atoms with E-state index in [9.17, 15) is 9.90 Å². The monoisotopic (exact) mass is 574 g/mol. The Balaban J connectivity index is 1.36. The average Bonchev–Trinajstić information content (AvgIpc) is 3.56. The van der Waals surface area contributed by atoms with Crippen LogP contribution in [0.25, 0.3) is 0 Å². The maximum absolute atomic E-state index is 14.0. The summed E-state index contributed by atoms with van der Waals surface area (Å²) in [5.74, 6) is 0.389. The lowest BCUT2D eigenvalue weighted by Gasteiger charge is -2.66. The number of rotatable bonds is 2.